The molecule has 1 heterocycles. The van der Waals surface area contributed by atoms with E-state index < -0.39 is 17.9 Å². The van der Waals surface area contributed by atoms with E-state index in [1.54, 1.807) is 24.0 Å². The quantitative estimate of drug-likeness (QED) is 0.575. The monoisotopic (exact) mass is 325 g/mol. The first-order valence-electron chi connectivity index (χ1n) is 6.51. The van der Waals surface area contributed by atoms with Gasteiger partial charge in [0.05, 0.1) is 17.4 Å². The minimum absolute atomic E-state index is 0.0931. The number of nitrogens with two attached hydrogens (primary N) is 1. The van der Waals surface area contributed by atoms with Gasteiger partial charge in [-0.2, -0.15) is 0 Å². The number of hydrogen-bond acceptors (Lipinski definition) is 3. The van der Waals surface area contributed by atoms with Crippen LogP contribution in [0.1, 0.15) is 0 Å². The Kier molecular flexibility index (Phi) is 3.39. The van der Waals surface area contributed by atoms with Crippen LogP contribution in [-0.2, 0) is 7.05 Å². The smallest absolute Gasteiger partial charge is 0.406 e. The van der Waals surface area contributed by atoms with Crippen molar-refractivity contribution in [3.63, 3.8) is 0 Å². The molecule has 4 nitrogen and oxygen atoms in total. The highest BCUT2D eigenvalue weighted by molar-refractivity contribution is 5.95. The first-order chi connectivity index (χ1) is 10.7. The molecular formula is C15H11F4N3O. The van der Waals surface area contributed by atoms with E-state index in [1.807, 2.05) is 0 Å². The number of imidazole rings is 1. The molecule has 0 amide bonds. The van der Waals surface area contributed by atoms with E-state index in [4.69, 9.17) is 5.73 Å². The highest BCUT2D eigenvalue weighted by Crippen LogP contribution is 2.34. The molecule has 0 fully saturated rings. The molecule has 0 aliphatic rings. The van der Waals surface area contributed by atoms with Crippen molar-refractivity contribution in [3.05, 3.63) is 42.5 Å². The number of benzene rings is 2. The molecule has 0 atom stereocenters. The summed E-state index contributed by atoms with van der Waals surface area (Å²) in [5, 5.41) is 0. The van der Waals surface area contributed by atoms with Crippen LogP contribution in [-0.4, -0.2) is 15.9 Å². The van der Waals surface area contributed by atoms with Gasteiger partial charge in [-0.1, -0.05) is 0 Å². The molecule has 0 aliphatic heterocycles. The van der Waals surface area contributed by atoms with Gasteiger partial charge in [0.15, 0.2) is 0 Å². The summed E-state index contributed by atoms with van der Waals surface area (Å²) in [6.07, 6.45) is -3.33. The van der Waals surface area contributed by atoms with Crippen molar-refractivity contribution in [1.29, 1.82) is 0 Å². The van der Waals surface area contributed by atoms with Gasteiger partial charge in [0, 0.05) is 29.9 Å². The van der Waals surface area contributed by atoms with Crippen LogP contribution in [0, 0.1) is 5.82 Å². The summed E-state index contributed by atoms with van der Waals surface area (Å²) in [6, 6.07) is 6.15. The highest BCUT2D eigenvalue weighted by atomic mass is 19.4. The predicted molar refractivity (Wildman–Crippen MR) is 77.2 cm³/mol. The third-order valence-corrected chi connectivity index (χ3v) is 3.32. The van der Waals surface area contributed by atoms with Gasteiger partial charge in [0.2, 0.25) is 0 Å². The van der Waals surface area contributed by atoms with Crippen LogP contribution in [0.15, 0.2) is 36.7 Å². The first-order valence-corrected chi connectivity index (χ1v) is 6.51. The summed E-state index contributed by atoms with van der Waals surface area (Å²) in [6.45, 7) is 0. The van der Waals surface area contributed by atoms with E-state index in [9.17, 15) is 17.6 Å². The Morgan fingerprint density at radius 1 is 1.13 bits per heavy atom. The Hall–Kier alpha value is -2.77. The zero-order valence-corrected chi connectivity index (χ0v) is 11.9. The van der Waals surface area contributed by atoms with Crippen LogP contribution in [0.2, 0.25) is 0 Å². The summed E-state index contributed by atoms with van der Waals surface area (Å²) in [5.41, 5.74) is 7.90. The van der Waals surface area contributed by atoms with Gasteiger partial charge in [-0.3, -0.25) is 0 Å². The van der Waals surface area contributed by atoms with Crippen molar-refractivity contribution in [2.45, 2.75) is 6.36 Å². The molecule has 0 aliphatic carbocycles. The minimum Gasteiger partial charge on any atom is -0.406 e. The number of ether oxygens (including phenoxy) is 1. The number of anilines is 1. The molecule has 23 heavy (non-hydrogen) atoms. The number of alkyl halides is 3. The normalized spacial score (nSPS) is 11.9. The van der Waals surface area contributed by atoms with Crippen molar-refractivity contribution in [1.82, 2.24) is 9.55 Å². The summed E-state index contributed by atoms with van der Waals surface area (Å²) in [5.74, 6) is -1.48. The van der Waals surface area contributed by atoms with Crippen molar-refractivity contribution in [3.8, 4) is 16.9 Å². The Morgan fingerprint density at radius 3 is 2.52 bits per heavy atom. The molecule has 1 aromatic heterocycles. The molecule has 0 unspecified atom stereocenters. The van der Waals surface area contributed by atoms with Gasteiger partial charge >= 0.3 is 6.36 Å². The minimum atomic E-state index is -4.88. The fourth-order valence-electron chi connectivity index (χ4n) is 2.37. The number of fused-ring (bicyclic) bond motifs is 1. The van der Waals surface area contributed by atoms with Crippen molar-refractivity contribution in [2.24, 2.45) is 7.05 Å². The number of nitrogen functional groups attached to an aromatic ring is 1. The van der Waals surface area contributed by atoms with E-state index in [-0.39, 0.29) is 5.56 Å². The standard InChI is InChI=1S/C15H11F4N3O/c1-22-7-21-14-11(4-8(20)5-13(14)22)10-3-2-9(6-12(10)16)23-15(17,18)19/h2-7H,20H2,1H3. The Balaban J connectivity index is 2.12. The van der Waals surface area contributed by atoms with Crippen LogP contribution in [0.5, 0.6) is 5.75 Å². The Bertz CT molecular complexity index is 886. The van der Waals surface area contributed by atoms with Gasteiger partial charge in [-0.25, -0.2) is 9.37 Å². The molecule has 0 bridgehead atoms. The summed E-state index contributed by atoms with van der Waals surface area (Å²) >= 11 is 0. The van der Waals surface area contributed by atoms with Crippen molar-refractivity contribution < 1.29 is 22.3 Å². The van der Waals surface area contributed by atoms with E-state index in [0.29, 0.717) is 28.4 Å². The van der Waals surface area contributed by atoms with Gasteiger partial charge in [0.25, 0.3) is 0 Å². The topological polar surface area (TPSA) is 53.1 Å². The molecule has 0 saturated carbocycles. The molecule has 3 aromatic rings. The maximum atomic E-state index is 14.3. The molecule has 120 valence electrons. The van der Waals surface area contributed by atoms with Crippen molar-refractivity contribution >= 4 is 16.7 Å². The molecule has 2 N–H and O–H groups in total. The molecular weight excluding hydrogens is 314 g/mol. The maximum Gasteiger partial charge on any atom is 0.573 e. The fraction of sp³-hybridized carbons (Fsp3) is 0.133. The zero-order chi connectivity index (χ0) is 16.8. The second-order valence-corrected chi connectivity index (χ2v) is 4.98. The molecule has 0 radical (unpaired) electrons. The number of halogens is 4. The Morgan fingerprint density at radius 2 is 1.87 bits per heavy atom. The van der Waals surface area contributed by atoms with E-state index in [0.717, 1.165) is 6.07 Å². The SMILES string of the molecule is Cn1cnc2c(-c3ccc(OC(F)(F)F)cc3F)cc(N)cc21. The third kappa shape index (κ3) is 2.92. The lowest BCUT2D eigenvalue weighted by Crippen LogP contribution is -2.17. The van der Waals surface area contributed by atoms with Crippen molar-refractivity contribution in [2.75, 3.05) is 5.73 Å². The second-order valence-electron chi connectivity index (χ2n) is 4.98. The lowest BCUT2D eigenvalue weighted by molar-refractivity contribution is -0.274. The summed E-state index contributed by atoms with van der Waals surface area (Å²) in [7, 11) is 1.76. The van der Waals surface area contributed by atoms with Gasteiger partial charge in [0.1, 0.15) is 11.6 Å². The average molecular weight is 325 g/mol. The van der Waals surface area contributed by atoms with Gasteiger partial charge in [-0.05, 0) is 24.3 Å². The van der Waals surface area contributed by atoms with Crippen LogP contribution >= 0.6 is 0 Å². The molecule has 3 rings (SSSR count). The first kappa shape index (κ1) is 15.1. The van der Waals surface area contributed by atoms with E-state index >= 15 is 0 Å². The van der Waals surface area contributed by atoms with Gasteiger partial charge in [-0.15, -0.1) is 13.2 Å². The summed E-state index contributed by atoms with van der Waals surface area (Å²) in [4.78, 5) is 4.19. The highest BCUT2D eigenvalue weighted by Gasteiger charge is 2.31. The maximum absolute atomic E-state index is 14.3. The van der Waals surface area contributed by atoms with E-state index in [1.165, 1.54) is 12.1 Å². The van der Waals surface area contributed by atoms with Crippen LogP contribution < -0.4 is 10.5 Å². The largest absolute Gasteiger partial charge is 0.573 e. The second kappa shape index (κ2) is 5.15. The molecule has 0 spiro atoms. The predicted octanol–water partition coefficient (Wildman–Crippen LogP) is 3.86. The van der Waals surface area contributed by atoms with Crippen LogP contribution in [0.25, 0.3) is 22.2 Å². The third-order valence-electron chi connectivity index (χ3n) is 3.32. The number of aryl methyl sites for hydroxylation is 1. The fourth-order valence-corrected chi connectivity index (χ4v) is 2.37. The molecule has 0 saturated heterocycles. The van der Waals surface area contributed by atoms with E-state index in [2.05, 4.69) is 9.72 Å². The number of hydrogen-bond donors (Lipinski definition) is 1. The average Bonchev–Trinajstić information content (AvgIpc) is 2.78. The van der Waals surface area contributed by atoms with Crippen LogP contribution in [0.3, 0.4) is 0 Å². The lowest BCUT2D eigenvalue weighted by Gasteiger charge is -2.11. The number of aromatic nitrogens is 2. The molecule has 2 aromatic carbocycles. The summed E-state index contributed by atoms with van der Waals surface area (Å²) < 4.78 is 56.2. The zero-order valence-electron chi connectivity index (χ0n) is 11.9. The number of nitrogens with zero attached hydrogens (tertiary/aromatic N) is 2. The number of rotatable bonds is 2. The molecule has 8 heteroatoms. The van der Waals surface area contributed by atoms with Gasteiger partial charge < -0.3 is 15.0 Å². The lowest BCUT2D eigenvalue weighted by atomic mass is 10.0. The van der Waals surface area contributed by atoms with Crippen LogP contribution in [0.4, 0.5) is 23.2 Å². The Labute approximate surface area is 128 Å².